The molecule has 0 spiro atoms. The number of thioether (sulfide) groups is 1. The molecule has 1 aliphatic carbocycles. The van der Waals surface area contributed by atoms with Gasteiger partial charge in [-0.25, -0.2) is 0 Å². The molecule has 0 aromatic carbocycles. The van der Waals surface area contributed by atoms with Crippen LogP contribution in [0.15, 0.2) is 12.3 Å². The normalized spacial score (nSPS) is 27.0. The highest BCUT2D eigenvalue weighted by atomic mass is 32.2. The molecule has 1 saturated heterocycles. The Morgan fingerprint density at radius 3 is 3.00 bits per heavy atom. The van der Waals surface area contributed by atoms with E-state index in [1.165, 1.54) is 31.4 Å². The molecule has 2 aliphatic rings. The lowest BCUT2D eigenvalue weighted by Crippen LogP contribution is -2.51. The van der Waals surface area contributed by atoms with Crippen LogP contribution in [0.25, 0.3) is 0 Å². The van der Waals surface area contributed by atoms with Crippen molar-refractivity contribution in [2.24, 2.45) is 5.73 Å². The van der Waals surface area contributed by atoms with Gasteiger partial charge >= 0.3 is 0 Å². The Morgan fingerprint density at radius 2 is 2.25 bits per heavy atom. The molecule has 2 N–H and O–H groups in total. The van der Waals surface area contributed by atoms with Crippen molar-refractivity contribution in [3.63, 3.8) is 0 Å². The van der Waals surface area contributed by atoms with Crippen molar-refractivity contribution in [3.8, 4) is 0 Å². The van der Waals surface area contributed by atoms with Crippen LogP contribution in [0.4, 0.5) is 0 Å². The molecule has 0 amide bonds. The maximum Gasteiger partial charge on any atom is 0.0640 e. The van der Waals surface area contributed by atoms with Gasteiger partial charge in [0.25, 0.3) is 0 Å². The first-order valence-corrected chi connectivity index (χ1v) is 8.97. The molecule has 1 aliphatic heterocycles. The third kappa shape index (κ3) is 3.21. The van der Waals surface area contributed by atoms with Crippen LogP contribution in [-0.2, 0) is 6.42 Å². The highest BCUT2D eigenvalue weighted by Gasteiger charge is 2.26. The van der Waals surface area contributed by atoms with E-state index in [1.54, 1.807) is 0 Å². The molecule has 2 unspecified atom stereocenters. The lowest BCUT2D eigenvalue weighted by atomic mass is 10.0. The van der Waals surface area contributed by atoms with E-state index in [0.717, 1.165) is 24.4 Å². The predicted octanol–water partition coefficient (Wildman–Crippen LogP) is 1.92. The Morgan fingerprint density at radius 1 is 1.45 bits per heavy atom. The van der Waals surface area contributed by atoms with Gasteiger partial charge in [-0.2, -0.15) is 16.9 Å². The summed E-state index contributed by atoms with van der Waals surface area (Å²) in [4.78, 5) is 2.41. The number of rotatable bonds is 4. The van der Waals surface area contributed by atoms with Gasteiger partial charge in [0, 0.05) is 42.8 Å². The molecule has 3 rings (SSSR count). The number of nitrogens with zero attached hydrogens (tertiary/aromatic N) is 3. The average Bonchev–Trinajstić information content (AvgIpc) is 3.09. The smallest absolute Gasteiger partial charge is 0.0640 e. The van der Waals surface area contributed by atoms with Crippen LogP contribution in [0, 0.1) is 0 Å². The van der Waals surface area contributed by atoms with Crippen LogP contribution in [0.3, 0.4) is 0 Å². The zero-order chi connectivity index (χ0) is 13.9. The van der Waals surface area contributed by atoms with Crippen molar-refractivity contribution in [3.05, 3.63) is 18.0 Å². The second-order valence-electron chi connectivity index (χ2n) is 6.22. The van der Waals surface area contributed by atoms with Gasteiger partial charge < -0.3 is 10.6 Å². The summed E-state index contributed by atoms with van der Waals surface area (Å²) in [6.07, 6.45) is 8.32. The van der Waals surface area contributed by atoms with Gasteiger partial charge in [-0.1, -0.05) is 12.8 Å². The van der Waals surface area contributed by atoms with Gasteiger partial charge in [-0.15, -0.1) is 0 Å². The van der Waals surface area contributed by atoms with E-state index in [1.807, 2.05) is 11.8 Å². The molecule has 1 saturated carbocycles. The molecular formula is C15H26N4S. The Bertz CT molecular complexity index is 427. The summed E-state index contributed by atoms with van der Waals surface area (Å²) >= 11 is 2.02. The largest absolute Gasteiger partial charge is 0.326 e. The third-order valence-corrected chi connectivity index (χ3v) is 5.79. The summed E-state index contributed by atoms with van der Waals surface area (Å²) < 4.78 is 2.17. The minimum atomic E-state index is 0.194. The quantitative estimate of drug-likeness (QED) is 0.921. The van der Waals surface area contributed by atoms with Crippen LogP contribution in [0.2, 0.25) is 0 Å². The summed E-state index contributed by atoms with van der Waals surface area (Å²) in [7, 11) is 2.20. The Balaban J connectivity index is 1.59. The van der Waals surface area contributed by atoms with Crippen LogP contribution in [0.1, 0.15) is 37.4 Å². The first kappa shape index (κ1) is 14.4. The topological polar surface area (TPSA) is 47.1 Å². The van der Waals surface area contributed by atoms with E-state index in [-0.39, 0.29) is 6.04 Å². The molecule has 2 heterocycles. The molecule has 4 nitrogen and oxygen atoms in total. The number of aromatic nitrogens is 2. The Hall–Kier alpha value is -0.520. The first-order valence-electron chi connectivity index (χ1n) is 7.81. The third-order valence-electron chi connectivity index (χ3n) is 4.74. The van der Waals surface area contributed by atoms with Crippen molar-refractivity contribution in [1.82, 2.24) is 14.7 Å². The fourth-order valence-corrected chi connectivity index (χ4v) is 4.72. The Kier molecular flexibility index (Phi) is 4.68. The molecule has 5 heteroatoms. The van der Waals surface area contributed by atoms with Gasteiger partial charge in [-0.05, 0) is 26.0 Å². The maximum absolute atomic E-state index is 6.43. The summed E-state index contributed by atoms with van der Waals surface area (Å²) in [5, 5.41) is 4.76. The molecule has 0 radical (unpaired) electrons. The summed E-state index contributed by atoms with van der Waals surface area (Å²) in [6, 6.07) is 3.48. The van der Waals surface area contributed by atoms with Gasteiger partial charge in [0.05, 0.1) is 11.7 Å². The molecular weight excluding hydrogens is 268 g/mol. The lowest BCUT2D eigenvalue weighted by Gasteiger charge is -2.35. The zero-order valence-corrected chi connectivity index (χ0v) is 13.2. The molecule has 20 heavy (non-hydrogen) atoms. The van der Waals surface area contributed by atoms with Crippen molar-refractivity contribution in [1.29, 1.82) is 0 Å². The fourth-order valence-electron chi connectivity index (χ4n) is 3.39. The minimum absolute atomic E-state index is 0.194. The maximum atomic E-state index is 6.43. The fraction of sp³-hybridized carbons (Fsp3) is 0.800. The van der Waals surface area contributed by atoms with Crippen molar-refractivity contribution in [2.45, 2.75) is 50.2 Å². The monoisotopic (exact) mass is 294 g/mol. The zero-order valence-electron chi connectivity index (χ0n) is 12.4. The summed E-state index contributed by atoms with van der Waals surface area (Å²) in [5.74, 6) is 2.39. The van der Waals surface area contributed by atoms with E-state index in [9.17, 15) is 0 Å². The van der Waals surface area contributed by atoms with Crippen LogP contribution in [0.5, 0.6) is 0 Å². The van der Waals surface area contributed by atoms with Crippen molar-refractivity contribution >= 4 is 11.8 Å². The number of hydrogen-bond donors (Lipinski definition) is 1. The molecule has 2 fully saturated rings. The molecule has 0 bridgehead atoms. The number of nitrogens with two attached hydrogens (primary N) is 1. The van der Waals surface area contributed by atoms with Crippen LogP contribution < -0.4 is 5.73 Å². The summed E-state index contributed by atoms with van der Waals surface area (Å²) in [6.45, 7) is 1.15. The van der Waals surface area contributed by atoms with Gasteiger partial charge in [0.1, 0.15) is 0 Å². The second-order valence-corrected chi connectivity index (χ2v) is 7.37. The summed E-state index contributed by atoms with van der Waals surface area (Å²) in [5.41, 5.74) is 7.59. The van der Waals surface area contributed by atoms with Crippen LogP contribution >= 0.6 is 11.8 Å². The van der Waals surface area contributed by atoms with Crippen LogP contribution in [-0.4, -0.2) is 51.9 Å². The first-order chi connectivity index (χ1) is 9.74. The highest BCUT2D eigenvalue weighted by Crippen LogP contribution is 2.28. The van der Waals surface area contributed by atoms with Crippen molar-refractivity contribution in [2.75, 3.05) is 25.1 Å². The molecule has 2 atom stereocenters. The highest BCUT2D eigenvalue weighted by molar-refractivity contribution is 7.99. The van der Waals surface area contributed by atoms with Gasteiger partial charge in [-0.3, -0.25) is 4.68 Å². The molecule has 112 valence electrons. The SMILES string of the molecule is CN1CCSCC1C(N)Cc1ccn(C2CCCC2)n1. The minimum Gasteiger partial charge on any atom is -0.326 e. The van der Waals surface area contributed by atoms with Gasteiger partial charge in [0.15, 0.2) is 0 Å². The van der Waals surface area contributed by atoms with Crippen molar-refractivity contribution < 1.29 is 0 Å². The number of likely N-dealkylation sites (N-methyl/N-ethyl adjacent to an activating group) is 1. The predicted molar refractivity (Wildman–Crippen MR) is 85.2 cm³/mol. The van der Waals surface area contributed by atoms with E-state index in [2.05, 4.69) is 28.9 Å². The average molecular weight is 294 g/mol. The molecule has 1 aromatic heterocycles. The van der Waals surface area contributed by atoms with E-state index < -0.39 is 0 Å². The van der Waals surface area contributed by atoms with Gasteiger partial charge in [0.2, 0.25) is 0 Å². The second kappa shape index (κ2) is 6.50. The Labute approximate surface area is 126 Å². The standard InChI is InChI=1S/C15H26N4S/c1-18-8-9-20-11-15(18)14(16)10-12-6-7-19(17-12)13-4-2-3-5-13/h6-7,13-15H,2-5,8-11,16H2,1H3. The molecule has 1 aromatic rings. The van der Waals surface area contributed by atoms with E-state index in [0.29, 0.717) is 12.1 Å². The number of hydrogen-bond acceptors (Lipinski definition) is 4. The van der Waals surface area contributed by atoms with E-state index >= 15 is 0 Å². The lowest BCUT2D eigenvalue weighted by molar-refractivity contribution is 0.234. The van der Waals surface area contributed by atoms with E-state index in [4.69, 9.17) is 10.8 Å².